The summed E-state index contributed by atoms with van der Waals surface area (Å²) < 4.78 is 19.7. The summed E-state index contributed by atoms with van der Waals surface area (Å²) in [7, 11) is 1.84. The summed E-state index contributed by atoms with van der Waals surface area (Å²) in [5.41, 5.74) is 6.91. The highest BCUT2D eigenvalue weighted by Gasteiger charge is 2.71. The highest BCUT2D eigenvalue weighted by Crippen LogP contribution is 2.75. The van der Waals surface area contributed by atoms with Gasteiger partial charge in [0.15, 0.2) is 0 Å². The van der Waals surface area contributed by atoms with E-state index in [4.69, 9.17) is 19.9 Å². The van der Waals surface area contributed by atoms with Gasteiger partial charge in [0.25, 0.3) is 0 Å². The highest BCUT2D eigenvalue weighted by molar-refractivity contribution is 5.73. The average molecular weight is 602 g/mol. The first-order chi connectivity index (χ1) is 19.9. The SMILES string of the molecule is CO[C@@H]1C[C@@]23COC[C@@](C)([C@@H]2CC[C@H]2C3=CC[C@@]3(C)C(C(=O)O)[C@@](C)([C@H](C)C(C)C)CC[C@]23C)[C@H]1OC[C@](C)(N)C(C)C. The third-order valence-electron chi connectivity index (χ3n) is 15.3. The van der Waals surface area contributed by atoms with E-state index < -0.39 is 11.5 Å². The van der Waals surface area contributed by atoms with E-state index in [0.717, 1.165) is 45.1 Å². The summed E-state index contributed by atoms with van der Waals surface area (Å²) in [6.45, 7) is 24.5. The summed E-state index contributed by atoms with van der Waals surface area (Å²) in [5.74, 6) is 0.907. The van der Waals surface area contributed by atoms with Crippen LogP contribution in [0.25, 0.3) is 0 Å². The number of allylic oxidation sites excluding steroid dienone is 1. The summed E-state index contributed by atoms with van der Waals surface area (Å²) in [6, 6.07) is 0. The Morgan fingerprint density at radius 2 is 1.77 bits per heavy atom. The van der Waals surface area contributed by atoms with Crippen molar-refractivity contribution in [3.8, 4) is 0 Å². The Balaban J connectivity index is 1.55. The van der Waals surface area contributed by atoms with Crippen LogP contribution in [0.2, 0.25) is 0 Å². The van der Waals surface area contributed by atoms with Gasteiger partial charge in [-0.25, -0.2) is 0 Å². The molecule has 43 heavy (non-hydrogen) atoms. The minimum Gasteiger partial charge on any atom is -0.481 e. The smallest absolute Gasteiger partial charge is 0.307 e. The van der Waals surface area contributed by atoms with Crippen molar-refractivity contribution in [3.63, 3.8) is 0 Å². The second-order valence-corrected chi connectivity index (χ2v) is 17.7. The maximum atomic E-state index is 13.3. The van der Waals surface area contributed by atoms with Gasteiger partial charge in [-0.2, -0.15) is 0 Å². The number of hydrogen-bond donors (Lipinski definition) is 2. The predicted molar refractivity (Wildman–Crippen MR) is 172 cm³/mol. The molecule has 0 aromatic rings. The minimum atomic E-state index is -0.605. The Hall–Kier alpha value is -0.950. The van der Waals surface area contributed by atoms with Crippen LogP contribution in [-0.4, -0.2) is 55.8 Å². The van der Waals surface area contributed by atoms with Crippen molar-refractivity contribution in [3.05, 3.63) is 11.6 Å². The van der Waals surface area contributed by atoms with E-state index in [1.54, 1.807) is 5.57 Å². The molecule has 5 aliphatic rings. The molecule has 12 atom stereocenters. The van der Waals surface area contributed by atoms with Gasteiger partial charge in [0.05, 0.1) is 37.9 Å². The first-order valence-corrected chi connectivity index (χ1v) is 17.3. The van der Waals surface area contributed by atoms with Gasteiger partial charge in [0.2, 0.25) is 0 Å². The monoisotopic (exact) mass is 601 g/mol. The van der Waals surface area contributed by atoms with Crippen LogP contribution < -0.4 is 5.73 Å². The third-order valence-corrected chi connectivity index (χ3v) is 15.3. The van der Waals surface area contributed by atoms with Crippen LogP contribution in [0, 0.1) is 62.6 Å². The maximum absolute atomic E-state index is 13.3. The first kappa shape index (κ1) is 33.4. The molecule has 0 aromatic carbocycles. The number of rotatable bonds is 8. The van der Waals surface area contributed by atoms with Gasteiger partial charge >= 0.3 is 5.97 Å². The fourth-order valence-electron chi connectivity index (χ4n) is 11.5. The Bertz CT molecular complexity index is 1120. The predicted octanol–water partition coefficient (Wildman–Crippen LogP) is 7.35. The number of ether oxygens (including phenoxy) is 3. The first-order valence-electron chi connectivity index (χ1n) is 17.3. The van der Waals surface area contributed by atoms with Crippen molar-refractivity contribution in [2.45, 2.75) is 126 Å². The number of carbonyl (C=O) groups is 1. The van der Waals surface area contributed by atoms with E-state index in [1.807, 2.05) is 7.11 Å². The van der Waals surface area contributed by atoms with Crippen LogP contribution in [0.1, 0.15) is 108 Å². The summed E-state index contributed by atoms with van der Waals surface area (Å²) in [6.07, 6.45) is 8.36. The molecule has 1 aliphatic heterocycles. The molecule has 3 saturated carbocycles. The molecule has 5 rings (SSSR count). The van der Waals surface area contributed by atoms with E-state index in [9.17, 15) is 9.90 Å². The van der Waals surface area contributed by atoms with Gasteiger partial charge in [0, 0.05) is 23.5 Å². The van der Waals surface area contributed by atoms with Crippen LogP contribution in [0.15, 0.2) is 11.6 Å². The van der Waals surface area contributed by atoms with Crippen molar-refractivity contribution in [1.82, 2.24) is 0 Å². The fraction of sp³-hybridized carbons (Fsp3) is 0.919. The molecule has 3 N–H and O–H groups in total. The second-order valence-electron chi connectivity index (χ2n) is 17.7. The van der Waals surface area contributed by atoms with E-state index in [2.05, 4.69) is 75.3 Å². The molecule has 1 unspecified atom stereocenters. The zero-order chi connectivity index (χ0) is 32.0. The molecule has 0 spiro atoms. The number of aliphatic carboxylic acids is 1. The van der Waals surface area contributed by atoms with Crippen molar-refractivity contribution in [1.29, 1.82) is 0 Å². The standard InChI is InChI=1S/C37H63NO5/c1-22(2)24(5)32(6)16-17-34(8)25-12-13-28-33(7)19-42-21-37(28,26(25)14-15-35(34,9)29(32)31(39)40)18-27(41-11)30(33)43-20-36(10,38)23(3)4/h14,22-25,27-30H,12-13,15-21,38H2,1-11H3,(H,39,40)/t24-,25+,27-,28+,29?,30+,32-,33+,34-,35+,36+,37+/m1/s1. The zero-order valence-corrected chi connectivity index (χ0v) is 29.2. The molecular formula is C37H63NO5. The van der Waals surface area contributed by atoms with Crippen LogP contribution in [-0.2, 0) is 19.0 Å². The molecule has 0 amide bonds. The lowest BCUT2D eigenvalue weighted by Gasteiger charge is -2.71. The second kappa shape index (κ2) is 10.8. The van der Waals surface area contributed by atoms with Crippen LogP contribution in [0.4, 0.5) is 0 Å². The van der Waals surface area contributed by atoms with Crippen LogP contribution >= 0.6 is 0 Å². The van der Waals surface area contributed by atoms with Gasteiger partial charge in [-0.05, 0) is 91.3 Å². The molecule has 6 heteroatoms. The van der Waals surface area contributed by atoms with Gasteiger partial charge in [-0.15, -0.1) is 0 Å². The molecule has 4 fully saturated rings. The quantitative estimate of drug-likeness (QED) is 0.283. The number of methoxy groups -OCH3 is 1. The molecule has 246 valence electrons. The van der Waals surface area contributed by atoms with E-state index in [0.29, 0.717) is 42.8 Å². The number of fused-ring (bicyclic) bond motifs is 3. The van der Waals surface area contributed by atoms with E-state index >= 15 is 0 Å². The van der Waals surface area contributed by atoms with E-state index in [-0.39, 0.29) is 45.2 Å². The molecule has 0 radical (unpaired) electrons. The van der Waals surface area contributed by atoms with E-state index in [1.165, 1.54) is 0 Å². The van der Waals surface area contributed by atoms with Crippen molar-refractivity contribution >= 4 is 5.97 Å². The van der Waals surface area contributed by atoms with Crippen molar-refractivity contribution < 1.29 is 24.1 Å². The third kappa shape index (κ3) is 4.57. The number of hydrogen-bond acceptors (Lipinski definition) is 5. The molecule has 0 aromatic heterocycles. The van der Waals surface area contributed by atoms with Gasteiger partial charge in [-0.1, -0.05) is 74.0 Å². The highest BCUT2D eigenvalue weighted by atomic mass is 16.5. The largest absolute Gasteiger partial charge is 0.481 e. The normalized spacial score (nSPS) is 48.0. The van der Waals surface area contributed by atoms with Crippen molar-refractivity contribution in [2.24, 2.45) is 68.3 Å². The molecule has 4 aliphatic carbocycles. The number of carboxylic acid groups (broad SMARTS) is 1. The number of carboxylic acids is 1. The lowest BCUT2D eigenvalue weighted by atomic mass is 9.34. The van der Waals surface area contributed by atoms with Crippen molar-refractivity contribution in [2.75, 3.05) is 26.9 Å². The fourth-order valence-corrected chi connectivity index (χ4v) is 11.5. The molecule has 6 nitrogen and oxygen atoms in total. The average Bonchev–Trinajstić information content (AvgIpc) is 2.91. The Labute approximate surface area is 262 Å². The van der Waals surface area contributed by atoms with Crippen LogP contribution in [0.3, 0.4) is 0 Å². The number of nitrogens with two attached hydrogens (primary N) is 1. The molecule has 1 heterocycles. The summed E-state index contributed by atoms with van der Waals surface area (Å²) >= 11 is 0. The Morgan fingerprint density at radius 3 is 2.35 bits per heavy atom. The zero-order valence-electron chi connectivity index (χ0n) is 29.2. The van der Waals surface area contributed by atoms with Gasteiger partial charge < -0.3 is 25.1 Å². The lowest BCUT2D eigenvalue weighted by molar-refractivity contribution is -0.269. The molecule has 1 saturated heterocycles. The Morgan fingerprint density at radius 1 is 1.09 bits per heavy atom. The van der Waals surface area contributed by atoms with Gasteiger partial charge in [-0.3, -0.25) is 4.79 Å². The summed E-state index contributed by atoms with van der Waals surface area (Å²) in [4.78, 5) is 13.3. The topological polar surface area (TPSA) is 91.0 Å². The maximum Gasteiger partial charge on any atom is 0.307 e. The summed E-state index contributed by atoms with van der Waals surface area (Å²) in [5, 5.41) is 10.9. The molecule has 2 bridgehead atoms. The van der Waals surface area contributed by atoms with Gasteiger partial charge in [0.1, 0.15) is 0 Å². The Kier molecular flexibility index (Phi) is 8.40. The minimum absolute atomic E-state index is 0.0396. The molecular weight excluding hydrogens is 538 g/mol. The lowest BCUT2D eigenvalue weighted by Crippen LogP contribution is -2.70. The van der Waals surface area contributed by atoms with Crippen LogP contribution in [0.5, 0.6) is 0 Å².